The van der Waals surface area contributed by atoms with Crippen LogP contribution in [0.3, 0.4) is 0 Å². The van der Waals surface area contributed by atoms with Crippen molar-refractivity contribution in [1.82, 2.24) is 0 Å². The van der Waals surface area contributed by atoms with E-state index in [0.29, 0.717) is 17.0 Å². The molecule has 0 bridgehead atoms. The highest BCUT2D eigenvalue weighted by molar-refractivity contribution is 6.32. The van der Waals surface area contributed by atoms with Crippen molar-refractivity contribution in [2.24, 2.45) is 0 Å². The molecule has 16 heavy (non-hydrogen) atoms. The average Bonchev–Trinajstić information content (AvgIpc) is 2.24. The third-order valence-corrected chi connectivity index (χ3v) is 2.18. The van der Waals surface area contributed by atoms with Crippen LogP contribution >= 0.6 is 0 Å². The number of hydrogen-bond donors (Lipinski definition) is 0. The topological polar surface area (TPSA) is 9.23 Å². The van der Waals surface area contributed by atoms with Crippen LogP contribution in [0.4, 0.5) is 8.78 Å². The molecule has 0 amide bonds. The van der Waals surface area contributed by atoms with E-state index in [9.17, 15) is 8.78 Å². The standard InChI is InChI=1S/C12H9BF2O/c13-11-5-4-10(7-12(11)15)16-9-3-1-2-8(14)6-9/h1-7H,13H2. The van der Waals surface area contributed by atoms with Crippen LogP contribution < -0.4 is 10.2 Å². The number of benzene rings is 2. The summed E-state index contributed by atoms with van der Waals surface area (Å²) in [6, 6.07) is 10.3. The van der Waals surface area contributed by atoms with Crippen molar-refractivity contribution < 1.29 is 13.5 Å². The Labute approximate surface area is 93.1 Å². The van der Waals surface area contributed by atoms with E-state index in [1.54, 1.807) is 26.0 Å². The summed E-state index contributed by atoms with van der Waals surface area (Å²) in [6.45, 7) is 0. The van der Waals surface area contributed by atoms with Crippen molar-refractivity contribution in [2.45, 2.75) is 0 Å². The zero-order valence-corrected chi connectivity index (χ0v) is 8.71. The van der Waals surface area contributed by atoms with Crippen molar-refractivity contribution in [1.29, 1.82) is 0 Å². The first kappa shape index (κ1) is 10.7. The lowest BCUT2D eigenvalue weighted by Gasteiger charge is -2.06. The van der Waals surface area contributed by atoms with E-state index in [1.807, 2.05) is 0 Å². The summed E-state index contributed by atoms with van der Waals surface area (Å²) < 4.78 is 31.4. The van der Waals surface area contributed by atoms with E-state index in [2.05, 4.69) is 0 Å². The summed E-state index contributed by atoms with van der Waals surface area (Å²) in [4.78, 5) is 0. The molecule has 2 aromatic carbocycles. The molecule has 0 aliphatic heterocycles. The van der Waals surface area contributed by atoms with Crippen LogP contribution in [0.2, 0.25) is 0 Å². The molecule has 0 saturated heterocycles. The molecule has 0 saturated carbocycles. The molecule has 1 nitrogen and oxygen atoms in total. The Morgan fingerprint density at radius 1 is 0.938 bits per heavy atom. The van der Waals surface area contributed by atoms with Crippen LogP contribution in [0.1, 0.15) is 0 Å². The van der Waals surface area contributed by atoms with Gasteiger partial charge in [0.2, 0.25) is 0 Å². The molecule has 0 radical (unpaired) electrons. The van der Waals surface area contributed by atoms with Crippen molar-refractivity contribution >= 4 is 13.3 Å². The van der Waals surface area contributed by atoms with Crippen molar-refractivity contribution in [3.63, 3.8) is 0 Å². The Kier molecular flexibility index (Phi) is 2.90. The van der Waals surface area contributed by atoms with Gasteiger partial charge in [-0.25, -0.2) is 8.78 Å². The first-order chi connectivity index (χ1) is 7.65. The van der Waals surface area contributed by atoms with Crippen LogP contribution in [0.15, 0.2) is 42.5 Å². The molecule has 0 atom stereocenters. The largest absolute Gasteiger partial charge is 0.457 e. The van der Waals surface area contributed by atoms with E-state index in [4.69, 9.17) is 4.74 Å². The van der Waals surface area contributed by atoms with E-state index in [-0.39, 0.29) is 11.6 Å². The number of hydrogen-bond acceptors (Lipinski definition) is 1. The summed E-state index contributed by atoms with van der Waals surface area (Å²) in [6.07, 6.45) is 0. The average molecular weight is 218 g/mol. The zero-order valence-electron chi connectivity index (χ0n) is 8.71. The Bertz CT molecular complexity index is 514. The van der Waals surface area contributed by atoms with Gasteiger partial charge in [0.1, 0.15) is 31.0 Å². The lowest BCUT2D eigenvalue weighted by atomic mass is 9.96. The molecule has 0 heterocycles. The number of rotatable bonds is 2. The molecule has 0 N–H and O–H groups in total. The second-order valence-electron chi connectivity index (χ2n) is 3.47. The molecular weight excluding hydrogens is 209 g/mol. The van der Waals surface area contributed by atoms with Gasteiger partial charge in [0, 0.05) is 12.1 Å². The van der Waals surface area contributed by atoms with Gasteiger partial charge in [0.05, 0.1) is 0 Å². The summed E-state index contributed by atoms with van der Waals surface area (Å²) >= 11 is 0. The fraction of sp³-hybridized carbons (Fsp3) is 0. The molecule has 2 rings (SSSR count). The maximum atomic E-state index is 13.2. The molecule has 0 spiro atoms. The maximum Gasteiger partial charge on any atom is 0.143 e. The van der Waals surface area contributed by atoms with Gasteiger partial charge in [-0.1, -0.05) is 17.6 Å². The van der Waals surface area contributed by atoms with Gasteiger partial charge in [0.15, 0.2) is 0 Å². The van der Waals surface area contributed by atoms with E-state index >= 15 is 0 Å². The minimum Gasteiger partial charge on any atom is -0.457 e. The molecule has 0 aromatic heterocycles. The summed E-state index contributed by atoms with van der Waals surface area (Å²) in [5.74, 6) is -0.0176. The highest BCUT2D eigenvalue weighted by Crippen LogP contribution is 2.21. The summed E-state index contributed by atoms with van der Waals surface area (Å²) in [5.41, 5.74) is 0.548. The van der Waals surface area contributed by atoms with Gasteiger partial charge in [-0.15, -0.1) is 0 Å². The third kappa shape index (κ3) is 2.39. The maximum absolute atomic E-state index is 13.2. The lowest BCUT2D eigenvalue weighted by Crippen LogP contribution is -2.07. The van der Waals surface area contributed by atoms with E-state index in [0.717, 1.165) is 0 Å². The Morgan fingerprint density at radius 3 is 2.38 bits per heavy atom. The fourth-order valence-corrected chi connectivity index (χ4v) is 1.30. The van der Waals surface area contributed by atoms with Crippen molar-refractivity contribution in [3.8, 4) is 11.5 Å². The fourth-order valence-electron chi connectivity index (χ4n) is 1.30. The Hall–Kier alpha value is -1.84. The molecule has 0 fully saturated rings. The summed E-state index contributed by atoms with van der Waals surface area (Å²) in [5, 5.41) is 0. The predicted octanol–water partition coefficient (Wildman–Crippen LogP) is 2.02. The second-order valence-corrected chi connectivity index (χ2v) is 3.47. The minimum absolute atomic E-state index is 0.339. The van der Waals surface area contributed by atoms with Gasteiger partial charge in [-0.3, -0.25) is 0 Å². The minimum atomic E-state index is -0.384. The van der Waals surface area contributed by atoms with Gasteiger partial charge in [-0.2, -0.15) is 0 Å². The molecule has 0 aliphatic rings. The van der Waals surface area contributed by atoms with Gasteiger partial charge < -0.3 is 4.74 Å². The van der Waals surface area contributed by atoms with Crippen molar-refractivity contribution in [3.05, 3.63) is 54.1 Å². The first-order valence-corrected chi connectivity index (χ1v) is 4.85. The smallest absolute Gasteiger partial charge is 0.143 e. The predicted molar refractivity (Wildman–Crippen MR) is 61.1 cm³/mol. The second kappa shape index (κ2) is 4.35. The lowest BCUT2D eigenvalue weighted by molar-refractivity contribution is 0.472. The van der Waals surface area contributed by atoms with Crippen LogP contribution in [0.5, 0.6) is 11.5 Å². The Morgan fingerprint density at radius 2 is 1.69 bits per heavy atom. The first-order valence-electron chi connectivity index (χ1n) is 4.85. The van der Waals surface area contributed by atoms with Gasteiger partial charge in [-0.05, 0) is 18.2 Å². The summed E-state index contributed by atoms with van der Waals surface area (Å²) in [7, 11) is 1.67. The molecule has 0 aliphatic carbocycles. The molecule has 80 valence electrons. The number of halogens is 2. The quantitative estimate of drug-likeness (QED) is 0.700. The highest BCUT2D eigenvalue weighted by Gasteiger charge is 2.02. The molecular formula is C12H9BF2O. The van der Waals surface area contributed by atoms with Gasteiger partial charge >= 0.3 is 0 Å². The number of ether oxygens (including phenoxy) is 1. The van der Waals surface area contributed by atoms with E-state index < -0.39 is 0 Å². The van der Waals surface area contributed by atoms with Crippen LogP contribution in [0.25, 0.3) is 0 Å². The van der Waals surface area contributed by atoms with Crippen LogP contribution in [-0.4, -0.2) is 7.85 Å². The van der Waals surface area contributed by atoms with E-state index in [1.165, 1.54) is 24.3 Å². The monoisotopic (exact) mass is 218 g/mol. The van der Waals surface area contributed by atoms with Crippen LogP contribution in [0, 0.1) is 11.6 Å². The SMILES string of the molecule is Bc1ccc(Oc2cccc(F)c2)cc1F. The normalized spacial score (nSPS) is 10.1. The van der Waals surface area contributed by atoms with Gasteiger partial charge in [0.25, 0.3) is 0 Å². The van der Waals surface area contributed by atoms with Crippen LogP contribution in [-0.2, 0) is 0 Å². The molecule has 2 aromatic rings. The highest BCUT2D eigenvalue weighted by atomic mass is 19.1. The zero-order chi connectivity index (χ0) is 11.5. The third-order valence-electron chi connectivity index (χ3n) is 2.18. The van der Waals surface area contributed by atoms with Crippen molar-refractivity contribution in [2.75, 3.05) is 0 Å². The Balaban J connectivity index is 2.24. The molecule has 0 unspecified atom stereocenters. The molecule has 4 heteroatoms.